The van der Waals surface area contributed by atoms with Crippen molar-refractivity contribution in [1.82, 2.24) is 10.2 Å². The number of esters is 4. The summed E-state index contributed by atoms with van der Waals surface area (Å²) in [5, 5.41) is 29.2. The Morgan fingerprint density at radius 3 is 1.92 bits per heavy atom. The molecule has 1 saturated heterocycles. The summed E-state index contributed by atoms with van der Waals surface area (Å²) in [4.78, 5) is 102. The first-order chi connectivity index (χ1) is 40.5. The zero-order chi connectivity index (χ0) is 63.8. The van der Waals surface area contributed by atoms with Crippen LogP contribution in [0.4, 0.5) is 9.59 Å². The Labute approximate surface area is 507 Å². The number of hydrogen-bond donors (Lipinski definition) is 3. The van der Waals surface area contributed by atoms with Crippen LogP contribution in [0.25, 0.3) is 0 Å². The van der Waals surface area contributed by atoms with Gasteiger partial charge >= 0.3 is 36.1 Å². The molecule has 5 rings (SSSR count). The molecule has 1 unspecified atom stereocenters. The van der Waals surface area contributed by atoms with Gasteiger partial charge in [-0.15, -0.1) is 0 Å². The Hall–Kier alpha value is -7.09. The highest BCUT2D eigenvalue weighted by Gasteiger charge is 2.78. The standard InChI is InChI=1S/C67H92N2O17/c1-15-16-17-18-19-20-21-22-23-24-25-26-27-28-29-30-31-32-33-38-52(72)82-54(47(39-43(2)3)68-61(76)86-63(6,7)8)60(75)81-49-41-67(78)58(84-59(74)46-36-34-35-37-48(46)79-14)56-65(11,50(71)40-51-66(56,42-80-51)85-45(5)70)57(73)55(83-62(77)69(12)13)53(44(49)4)64(67,9)10/h16-17,19-20,22-23,25-26,28-29,31-32,34-37,39,47,49-51,54-56,58,71,78H,15,18,21,24,27,30,33,38,40-42H2,1-14H3,(H,68,76)/b17-16-,20-19-,23-22-,26-25-,29-28-,32-31-/t47-,49-,50-,51+,54+,55+,56?,58-,65+,66-,67+/m0/s1. The molecule has 1 aromatic rings. The maximum atomic E-state index is 16.0. The molecule has 11 atom stereocenters. The molecular weight excluding hydrogens is 1100 g/mol. The Balaban J connectivity index is 1.55. The molecule has 0 spiro atoms. The lowest BCUT2D eigenvalue weighted by Crippen LogP contribution is -2.82. The Morgan fingerprint density at radius 1 is 0.837 bits per heavy atom. The van der Waals surface area contributed by atoms with Gasteiger partial charge in [0.15, 0.2) is 17.5 Å². The van der Waals surface area contributed by atoms with Gasteiger partial charge in [0.2, 0.25) is 6.10 Å². The largest absolute Gasteiger partial charge is 0.496 e. The molecule has 0 radical (unpaired) electrons. The minimum Gasteiger partial charge on any atom is -0.496 e. The van der Waals surface area contributed by atoms with Gasteiger partial charge in [0.05, 0.1) is 37.2 Å². The topological polar surface area (TPSA) is 249 Å². The van der Waals surface area contributed by atoms with E-state index in [1.807, 2.05) is 24.3 Å². The lowest BCUT2D eigenvalue weighted by Gasteiger charge is -2.67. The molecule has 0 aromatic heterocycles. The molecule has 2 saturated carbocycles. The number of allylic oxidation sites excluding steroid dienone is 13. The maximum absolute atomic E-state index is 16.0. The highest BCUT2D eigenvalue weighted by molar-refractivity contribution is 5.96. The first-order valence-corrected chi connectivity index (χ1v) is 29.6. The van der Waals surface area contributed by atoms with Crippen LogP contribution in [0.15, 0.2) is 120 Å². The molecule has 19 heteroatoms. The second-order valence-electron chi connectivity index (χ2n) is 24.5. The number of rotatable bonds is 25. The predicted molar refractivity (Wildman–Crippen MR) is 323 cm³/mol. The zero-order valence-electron chi connectivity index (χ0n) is 52.7. The van der Waals surface area contributed by atoms with Crippen LogP contribution in [0.1, 0.15) is 151 Å². The van der Waals surface area contributed by atoms with E-state index < -0.39 is 124 Å². The third-order valence-corrected chi connectivity index (χ3v) is 16.2. The van der Waals surface area contributed by atoms with Gasteiger partial charge in [0, 0.05) is 45.7 Å². The van der Waals surface area contributed by atoms with Crippen molar-refractivity contribution in [1.29, 1.82) is 0 Å². The van der Waals surface area contributed by atoms with Gasteiger partial charge in [-0.3, -0.25) is 14.4 Å². The summed E-state index contributed by atoms with van der Waals surface area (Å²) in [6.07, 6.45) is 18.4. The number of ketones is 1. The summed E-state index contributed by atoms with van der Waals surface area (Å²) in [6, 6.07) is 4.71. The van der Waals surface area contributed by atoms with E-state index in [2.05, 4.69) is 60.8 Å². The summed E-state index contributed by atoms with van der Waals surface area (Å²) < 4.78 is 48.4. The summed E-state index contributed by atoms with van der Waals surface area (Å²) in [7, 11) is 4.13. The molecule has 1 heterocycles. The normalized spacial score (nSPS) is 26.9. The summed E-state index contributed by atoms with van der Waals surface area (Å²) in [5.74, 6) is -6.41. The van der Waals surface area contributed by atoms with Crippen molar-refractivity contribution in [2.45, 2.75) is 200 Å². The van der Waals surface area contributed by atoms with Crippen molar-refractivity contribution >= 4 is 41.8 Å². The molecule has 3 N–H and O–H groups in total. The van der Waals surface area contributed by atoms with E-state index in [1.165, 1.54) is 53.3 Å². The quantitative estimate of drug-likeness (QED) is 0.0468. The monoisotopic (exact) mass is 1200 g/mol. The van der Waals surface area contributed by atoms with Crippen molar-refractivity contribution in [2.24, 2.45) is 16.7 Å². The van der Waals surface area contributed by atoms with Crippen LogP contribution >= 0.6 is 0 Å². The second kappa shape index (κ2) is 30.5. The van der Waals surface area contributed by atoms with Gasteiger partial charge in [0.1, 0.15) is 40.8 Å². The van der Waals surface area contributed by atoms with Crippen molar-refractivity contribution in [3.8, 4) is 5.75 Å². The number of Topliss-reactive ketones (excluding diaryl/α,β-unsaturated/α-hetero) is 1. The molecule has 3 fully saturated rings. The number of fused-ring (bicyclic) bond motifs is 5. The molecule has 4 aliphatic rings. The van der Waals surface area contributed by atoms with Crippen LogP contribution in [-0.2, 0) is 52.3 Å². The number of aliphatic hydroxyl groups is 2. The maximum Gasteiger partial charge on any atom is 0.410 e. The number of carbonyl (C=O) groups is 7. The van der Waals surface area contributed by atoms with Crippen LogP contribution in [0, 0.1) is 16.7 Å². The third kappa shape index (κ3) is 16.7. The fraction of sp³-hybridized carbons (Fsp3) is 0.567. The average Bonchev–Trinajstić information content (AvgIpc) is 0.675. The predicted octanol–water partition coefficient (Wildman–Crippen LogP) is 10.6. The van der Waals surface area contributed by atoms with Crippen LogP contribution in [0.3, 0.4) is 0 Å². The number of para-hydroxylation sites is 1. The minimum atomic E-state index is -2.52. The van der Waals surface area contributed by atoms with E-state index >= 15 is 9.59 Å². The Kier molecular flexibility index (Phi) is 24.7. The zero-order valence-corrected chi connectivity index (χ0v) is 52.7. The second-order valence-corrected chi connectivity index (χ2v) is 24.5. The molecule has 86 heavy (non-hydrogen) atoms. The van der Waals surface area contributed by atoms with Crippen LogP contribution in [0.5, 0.6) is 5.75 Å². The van der Waals surface area contributed by atoms with Gasteiger partial charge in [-0.2, -0.15) is 0 Å². The fourth-order valence-corrected chi connectivity index (χ4v) is 11.8. The molecule has 3 aliphatic carbocycles. The van der Waals surface area contributed by atoms with E-state index in [0.717, 1.165) is 43.9 Å². The minimum absolute atomic E-state index is 0.0689. The lowest BCUT2D eigenvalue weighted by atomic mass is 9.44. The molecular formula is C67H92N2O17. The summed E-state index contributed by atoms with van der Waals surface area (Å²) >= 11 is 0. The van der Waals surface area contributed by atoms with E-state index in [0.29, 0.717) is 12.0 Å². The van der Waals surface area contributed by atoms with Gasteiger partial charge in [-0.1, -0.05) is 117 Å². The number of ether oxygens (including phenoxy) is 8. The third-order valence-electron chi connectivity index (χ3n) is 16.2. The van der Waals surface area contributed by atoms with Crippen LogP contribution in [-0.4, -0.2) is 144 Å². The number of carbonyl (C=O) groups excluding carboxylic acids is 7. The lowest BCUT2D eigenvalue weighted by molar-refractivity contribution is -0.345. The van der Waals surface area contributed by atoms with Crippen molar-refractivity contribution in [3.63, 3.8) is 0 Å². The van der Waals surface area contributed by atoms with E-state index in [1.54, 1.807) is 60.6 Å². The Bertz CT molecular complexity index is 2850. The van der Waals surface area contributed by atoms with Gasteiger partial charge in [-0.25, -0.2) is 19.2 Å². The number of aliphatic hydroxyl groups excluding tert-OH is 1. The van der Waals surface area contributed by atoms with Crippen molar-refractivity contribution < 1.29 is 81.7 Å². The summed E-state index contributed by atoms with van der Waals surface area (Å²) in [6.45, 7) is 17.2. The van der Waals surface area contributed by atoms with Crippen molar-refractivity contribution in [3.05, 3.63) is 126 Å². The number of nitrogens with one attached hydrogen (secondary N) is 1. The van der Waals surface area contributed by atoms with E-state index in [4.69, 9.17) is 37.9 Å². The molecule has 2 amide bonds. The van der Waals surface area contributed by atoms with Crippen LogP contribution in [0.2, 0.25) is 0 Å². The Morgan fingerprint density at radius 2 is 1.41 bits per heavy atom. The molecule has 1 aliphatic heterocycles. The first-order valence-electron chi connectivity index (χ1n) is 29.6. The molecule has 1 aromatic carbocycles. The summed E-state index contributed by atoms with van der Waals surface area (Å²) in [5.41, 5.74) is -8.80. The van der Waals surface area contributed by atoms with Gasteiger partial charge < -0.3 is 58.3 Å². The molecule has 2 bridgehead atoms. The number of amides is 2. The number of benzene rings is 1. The van der Waals surface area contributed by atoms with E-state index in [-0.39, 0.29) is 48.3 Å². The molecule has 19 nitrogen and oxygen atoms in total. The SMILES string of the molecule is CC/C=C\C/C=C\C/C=C\C/C=C\C/C=C\C/C=C\CCC(=O)O[C@@H](C(=O)O[C@H]1C[C@@]2(O)[C@@H](OC(=O)c3ccccc3OC)C3[C@](C)(C(=O)[C@H](OC(=O)N(C)C)C(=C1C)C2(C)C)[C@@H](O)C[C@H]1OC[C@@]31OC(C)=O)[C@H](C=C(C)C)NC(=O)OC(C)(C)C. The molecule has 472 valence electrons. The number of alkyl carbamates (subject to hydrolysis) is 1. The number of methoxy groups -OCH3 is 1. The highest BCUT2D eigenvalue weighted by Crippen LogP contribution is 2.64. The number of hydrogen-bond acceptors (Lipinski definition) is 17. The van der Waals surface area contributed by atoms with Crippen LogP contribution < -0.4 is 10.1 Å². The van der Waals surface area contributed by atoms with E-state index in [9.17, 15) is 34.2 Å². The number of nitrogens with zero attached hydrogens (tertiary/aromatic N) is 1. The smallest absolute Gasteiger partial charge is 0.410 e. The van der Waals surface area contributed by atoms with Crippen molar-refractivity contribution in [2.75, 3.05) is 27.8 Å². The average molecular weight is 1200 g/mol. The fourth-order valence-electron chi connectivity index (χ4n) is 11.8. The highest BCUT2D eigenvalue weighted by atomic mass is 16.6. The first kappa shape index (κ1) is 69.7. The van der Waals surface area contributed by atoms with Gasteiger partial charge in [0.25, 0.3) is 0 Å². The van der Waals surface area contributed by atoms with Gasteiger partial charge in [-0.05, 0) is 117 Å².